The highest BCUT2D eigenvalue weighted by Crippen LogP contribution is 2.33. The van der Waals surface area contributed by atoms with Gasteiger partial charge in [0.1, 0.15) is 17.5 Å². The summed E-state index contributed by atoms with van der Waals surface area (Å²) in [6.45, 7) is 7.95. The fourth-order valence-electron chi connectivity index (χ4n) is 3.58. The Morgan fingerprint density at radius 2 is 1.96 bits per heavy atom. The number of aryl methyl sites for hydroxylation is 3. The molecule has 1 aliphatic rings. The van der Waals surface area contributed by atoms with Crippen LogP contribution < -0.4 is 5.32 Å². The Bertz CT molecular complexity index is 938. The number of hydrogen-bond donors (Lipinski definition) is 1. The van der Waals surface area contributed by atoms with Gasteiger partial charge < -0.3 is 5.32 Å². The fourth-order valence-corrected chi connectivity index (χ4v) is 4.25. The summed E-state index contributed by atoms with van der Waals surface area (Å²) in [7, 11) is 0. The van der Waals surface area contributed by atoms with Crippen molar-refractivity contribution in [2.75, 3.05) is 11.9 Å². The van der Waals surface area contributed by atoms with E-state index >= 15 is 0 Å². The highest BCUT2D eigenvalue weighted by atomic mass is 32.1. The molecule has 0 saturated carbocycles. The molecule has 1 unspecified atom stereocenters. The molecular formula is C20H25N7S. The molecule has 0 spiro atoms. The van der Waals surface area contributed by atoms with Crippen molar-refractivity contribution in [2.24, 2.45) is 0 Å². The SMILES string of the molecule is CCc1ncc(CN2CCCC2c2cc(Nc3ncc(C)s3)nc(C)n2)cn1. The summed E-state index contributed by atoms with van der Waals surface area (Å²) in [4.78, 5) is 26.2. The Morgan fingerprint density at radius 3 is 2.68 bits per heavy atom. The van der Waals surface area contributed by atoms with Crippen molar-refractivity contribution in [1.29, 1.82) is 0 Å². The van der Waals surface area contributed by atoms with E-state index in [1.165, 1.54) is 4.88 Å². The van der Waals surface area contributed by atoms with Crippen LogP contribution in [0.25, 0.3) is 0 Å². The molecule has 0 amide bonds. The van der Waals surface area contributed by atoms with Crippen LogP contribution in [0.15, 0.2) is 24.7 Å². The van der Waals surface area contributed by atoms with E-state index in [2.05, 4.69) is 43.1 Å². The lowest BCUT2D eigenvalue weighted by atomic mass is 10.1. The van der Waals surface area contributed by atoms with Crippen LogP contribution in [0.1, 0.15) is 53.6 Å². The molecule has 4 rings (SSSR count). The van der Waals surface area contributed by atoms with E-state index in [-0.39, 0.29) is 6.04 Å². The van der Waals surface area contributed by atoms with Crippen molar-refractivity contribution in [1.82, 2.24) is 29.8 Å². The van der Waals surface area contributed by atoms with E-state index in [1.807, 2.05) is 32.4 Å². The van der Waals surface area contributed by atoms with Crippen LogP contribution in [-0.2, 0) is 13.0 Å². The van der Waals surface area contributed by atoms with Crippen molar-refractivity contribution in [3.63, 3.8) is 0 Å². The summed E-state index contributed by atoms with van der Waals surface area (Å²) in [5, 5.41) is 4.18. The predicted molar refractivity (Wildman–Crippen MR) is 111 cm³/mol. The van der Waals surface area contributed by atoms with Crippen molar-refractivity contribution < 1.29 is 0 Å². The molecule has 3 aromatic heterocycles. The van der Waals surface area contributed by atoms with Gasteiger partial charge in [-0.2, -0.15) is 0 Å². The number of nitrogens with one attached hydrogen (secondary N) is 1. The quantitative estimate of drug-likeness (QED) is 0.676. The zero-order valence-corrected chi connectivity index (χ0v) is 17.3. The Balaban J connectivity index is 1.52. The lowest BCUT2D eigenvalue weighted by Crippen LogP contribution is -2.24. The molecule has 3 aromatic rings. The second kappa shape index (κ2) is 8.28. The number of anilines is 2. The third kappa shape index (κ3) is 4.34. The molecule has 7 nitrogen and oxygen atoms in total. The normalized spacial score (nSPS) is 17.2. The maximum absolute atomic E-state index is 4.74. The van der Waals surface area contributed by atoms with Gasteiger partial charge in [-0.1, -0.05) is 6.92 Å². The predicted octanol–water partition coefficient (Wildman–Crippen LogP) is 3.98. The maximum atomic E-state index is 4.74. The Kier molecular flexibility index (Phi) is 5.59. The third-order valence-electron chi connectivity index (χ3n) is 4.88. The van der Waals surface area contributed by atoms with Gasteiger partial charge in [-0.15, -0.1) is 11.3 Å². The van der Waals surface area contributed by atoms with Crippen molar-refractivity contribution in [3.05, 3.63) is 52.4 Å². The molecule has 28 heavy (non-hydrogen) atoms. The minimum Gasteiger partial charge on any atom is -0.316 e. The van der Waals surface area contributed by atoms with Gasteiger partial charge in [-0.05, 0) is 33.2 Å². The highest BCUT2D eigenvalue weighted by Gasteiger charge is 2.28. The fraction of sp³-hybridized carbons (Fsp3) is 0.450. The molecule has 1 atom stereocenters. The van der Waals surface area contributed by atoms with E-state index < -0.39 is 0 Å². The second-order valence-corrected chi connectivity index (χ2v) is 8.35. The lowest BCUT2D eigenvalue weighted by Gasteiger charge is -2.24. The molecule has 1 fully saturated rings. The summed E-state index contributed by atoms with van der Waals surface area (Å²) in [5.74, 6) is 2.47. The number of likely N-dealkylation sites (tertiary alicyclic amines) is 1. The number of thiazole rings is 1. The average molecular weight is 396 g/mol. The number of aromatic nitrogens is 5. The Hall–Kier alpha value is -2.45. The van der Waals surface area contributed by atoms with Gasteiger partial charge in [0.05, 0.1) is 11.7 Å². The van der Waals surface area contributed by atoms with Gasteiger partial charge in [0.15, 0.2) is 5.13 Å². The summed E-state index contributed by atoms with van der Waals surface area (Å²) >= 11 is 1.62. The molecule has 0 radical (unpaired) electrons. The van der Waals surface area contributed by atoms with E-state index in [0.29, 0.717) is 0 Å². The molecule has 8 heteroatoms. The Morgan fingerprint density at radius 1 is 1.14 bits per heavy atom. The number of hydrogen-bond acceptors (Lipinski definition) is 8. The molecular weight excluding hydrogens is 370 g/mol. The number of rotatable bonds is 6. The van der Waals surface area contributed by atoms with Crippen molar-refractivity contribution >= 4 is 22.3 Å². The van der Waals surface area contributed by atoms with Crippen molar-refractivity contribution in [3.8, 4) is 0 Å². The highest BCUT2D eigenvalue weighted by molar-refractivity contribution is 7.15. The van der Waals surface area contributed by atoms with Crippen LogP contribution in [0.5, 0.6) is 0 Å². The average Bonchev–Trinajstić information content (AvgIpc) is 3.31. The van der Waals surface area contributed by atoms with E-state index in [9.17, 15) is 0 Å². The summed E-state index contributed by atoms with van der Waals surface area (Å²) in [5.41, 5.74) is 2.21. The van der Waals surface area contributed by atoms with Crippen LogP contribution in [0.2, 0.25) is 0 Å². The Labute approximate surface area is 169 Å². The summed E-state index contributed by atoms with van der Waals surface area (Å²) in [6.07, 6.45) is 8.89. The minimum absolute atomic E-state index is 0.283. The first-order chi connectivity index (χ1) is 13.6. The zero-order valence-electron chi connectivity index (χ0n) is 16.5. The molecule has 0 aliphatic carbocycles. The van der Waals surface area contributed by atoms with Crippen LogP contribution in [0.4, 0.5) is 10.9 Å². The monoisotopic (exact) mass is 395 g/mol. The molecule has 1 saturated heterocycles. The summed E-state index contributed by atoms with van der Waals surface area (Å²) in [6, 6.07) is 2.34. The van der Waals surface area contributed by atoms with E-state index in [4.69, 9.17) is 4.98 Å². The van der Waals surface area contributed by atoms with Crippen LogP contribution >= 0.6 is 11.3 Å². The van der Waals surface area contributed by atoms with Crippen LogP contribution in [0, 0.1) is 13.8 Å². The molecule has 146 valence electrons. The van der Waals surface area contributed by atoms with E-state index in [1.54, 1.807) is 11.3 Å². The summed E-state index contributed by atoms with van der Waals surface area (Å²) < 4.78 is 0. The van der Waals surface area contributed by atoms with Gasteiger partial charge in [0.25, 0.3) is 0 Å². The van der Waals surface area contributed by atoms with Gasteiger partial charge >= 0.3 is 0 Å². The second-order valence-electron chi connectivity index (χ2n) is 7.12. The molecule has 0 bridgehead atoms. The van der Waals surface area contributed by atoms with Crippen LogP contribution in [0.3, 0.4) is 0 Å². The maximum Gasteiger partial charge on any atom is 0.188 e. The molecule has 1 N–H and O–H groups in total. The van der Waals surface area contributed by atoms with Gasteiger partial charge in [-0.3, -0.25) is 4.90 Å². The minimum atomic E-state index is 0.283. The number of nitrogens with zero attached hydrogens (tertiary/aromatic N) is 6. The first kappa shape index (κ1) is 18.9. The first-order valence-electron chi connectivity index (χ1n) is 9.69. The van der Waals surface area contributed by atoms with Gasteiger partial charge in [-0.25, -0.2) is 24.9 Å². The van der Waals surface area contributed by atoms with E-state index in [0.717, 1.165) is 66.2 Å². The van der Waals surface area contributed by atoms with Gasteiger partial charge in [0.2, 0.25) is 0 Å². The van der Waals surface area contributed by atoms with Crippen molar-refractivity contribution in [2.45, 2.75) is 52.6 Å². The molecule has 1 aliphatic heterocycles. The van der Waals surface area contributed by atoms with Gasteiger partial charge in [0, 0.05) is 48.1 Å². The molecule has 0 aromatic carbocycles. The standard InChI is InChI=1S/C20H25N7S/c1-4-18-21-10-15(11-22-18)12-27-7-5-6-17(27)16-8-19(25-14(3)24-16)26-20-23-9-13(2)28-20/h8-11,17H,4-7,12H2,1-3H3,(H,23,24,25,26). The zero-order chi connectivity index (χ0) is 19.5. The first-order valence-corrected chi connectivity index (χ1v) is 10.5. The molecule has 4 heterocycles. The topological polar surface area (TPSA) is 79.7 Å². The lowest BCUT2D eigenvalue weighted by molar-refractivity contribution is 0.243. The smallest absolute Gasteiger partial charge is 0.188 e. The van der Waals surface area contributed by atoms with Crippen LogP contribution in [-0.4, -0.2) is 36.4 Å². The third-order valence-corrected chi connectivity index (χ3v) is 5.71. The largest absolute Gasteiger partial charge is 0.316 e.